The number of carbonyl (C=O) groups excluding carboxylic acids is 1. The van der Waals surface area contributed by atoms with Crippen molar-refractivity contribution >= 4 is 29.5 Å². The predicted octanol–water partition coefficient (Wildman–Crippen LogP) is 4.07. The second-order valence-electron chi connectivity index (χ2n) is 8.49. The molecule has 5 rings (SSSR count). The Hall–Kier alpha value is -4.84. The van der Waals surface area contributed by atoms with Gasteiger partial charge in [0, 0.05) is 36.1 Å². The first-order chi connectivity index (χ1) is 18.5. The van der Waals surface area contributed by atoms with Crippen LogP contribution in [0.1, 0.15) is 22.8 Å². The van der Waals surface area contributed by atoms with Gasteiger partial charge < -0.3 is 25.1 Å². The average molecular weight is 517 g/mol. The first-order valence-electron chi connectivity index (χ1n) is 11.8. The van der Waals surface area contributed by atoms with Crippen molar-refractivity contribution in [3.8, 4) is 17.0 Å². The smallest absolute Gasteiger partial charge is 0.299 e. The Balaban J connectivity index is 1.47. The molecule has 4 aromatic heterocycles. The van der Waals surface area contributed by atoms with E-state index in [0.717, 1.165) is 23.0 Å². The topological polar surface area (TPSA) is 132 Å². The zero-order chi connectivity index (χ0) is 26.5. The molecule has 0 fully saturated rings. The fourth-order valence-corrected chi connectivity index (χ4v) is 3.90. The number of aromatic nitrogens is 5. The lowest BCUT2D eigenvalue weighted by Crippen LogP contribution is -2.27. The van der Waals surface area contributed by atoms with Crippen molar-refractivity contribution in [2.45, 2.75) is 19.6 Å². The van der Waals surface area contributed by atoms with E-state index in [9.17, 15) is 9.18 Å². The minimum absolute atomic E-state index is 0.174. The zero-order valence-electron chi connectivity index (χ0n) is 20.7. The van der Waals surface area contributed by atoms with E-state index in [1.165, 1.54) is 18.5 Å². The third-order valence-corrected chi connectivity index (χ3v) is 5.67. The first kappa shape index (κ1) is 24.8. The largest absolute Gasteiger partial charge is 0.473 e. The summed E-state index contributed by atoms with van der Waals surface area (Å²) in [7, 11) is 1.82. The van der Waals surface area contributed by atoms with Crippen LogP contribution >= 0.6 is 0 Å². The van der Waals surface area contributed by atoms with Crippen molar-refractivity contribution < 1.29 is 18.3 Å². The van der Waals surface area contributed by atoms with Crippen molar-refractivity contribution in [2.24, 2.45) is 0 Å². The van der Waals surface area contributed by atoms with E-state index in [1.54, 1.807) is 16.9 Å². The lowest BCUT2D eigenvalue weighted by Gasteiger charge is -2.17. The minimum Gasteiger partial charge on any atom is -0.473 e. The molecule has 5 aromatic rings. The zero-order valence-corrected chi connectivity index (χ0v) is 20.7. The van der Waals surface area contributed by atoms with Crippen LogP contribution < -0.4 is 20.7 Å². The molecular weight excluding hydrogens is 491 g/mol. The molecule has 0 aliphatic heterocycles. The van der Waals surface area contributed by atoms with Crippen molar-refractivity contribution in [3.63, 3.8) is 0 Å². The summed E-state index contributed by atoms with van der Waals surface area (Å²) in [5.74, 6) is 0.324. The van der Waals surface area contributed by atoms with E-state index in [1.807, 2.05) is 38.2 Å². The summed E-state index contributed by atoms with van der Waals surface area (Å²) in [5.41, 5.74) is 3.60. The van der Waals surface area contributed by atoms with Crippen LogP contribution in [0.5, 0.6) is 5.88 Å². The number of benzene rings is 1. The summed E-state index contributed by atoms with van der Waals surface area (Å²) in [6.45, 7) is 2.68. The average Bonchev–Trinajstić information content (AvgIpc) is 3.58. The Morgan fingerprint density at radius 1 is 1.21 bits per heavy atom. The van der Waals surface area contributed by atoms with E-state index < -0.39 is 5.82 Å². The summed E-state index contributed by atoms with van der Waals surface area (Å²) >= 11 is 0. The van der Waals surface area contributed by atoms with Crippen molar-refractivity contribution in [3.05, 3.63) is 78.3 Å². The van der Waals surface area contributed by atoms with Gasteiger partial charge in [0.1, 0.15) is 24.0 Å². The van der Waals surface area contributed by atoms with E-state index in [2.05, 4.69) is 36.0 Å². The molecule has 0 saturated heterocycles. The second-order valence-corrected chi connectivity index (χ2v) is 8.49. The molecule has 11 nitrogen and oxygen atoms in total. The van der Waals surface area contributed by atoms with E-state index in [0.29, 0.717) is 47.3 Å². The molecule has 0 saturated carbocycles. The summed E-state index contributed by atoms with van der Waals surface area (Å²) < 4.78 is 26.8. The van der Waals surface area contributed by atoms with Gasteiger partial charge in [-0.25, -0.2) is 23.9 Å². The lowest BCUT2D eigenvalue weighted by molar-refractivity contribution is 0.112. The molecule has 0 bridgehead atoms. The molecule has 1 atom stereocenters. The standard InChI is InChI=1S/C26H25FN8O3/c1-16(10-28-2)38-25-18(9-20(27)13-31-25)11-30-23-22(14-35-24(34-23)19(15-36)12-32-35)17-3-5-21(6-4-17)33-26-29-7-8-37-26/h3-9,12-16,28H,10-11H2,1-2H3,(H,29,33)(H,30,34). The maximum atomic E-state index is 14.1. The summed E-state index contributed by atoms with van der Waals surface area (Å²) in [4.78, 5) is 24.4. The van der Waals surface area contributed by atoms with Gasteiger partial charge in [0.15, 0.2) is 11.9 Å². The number of halogens is 1. The number of pyridine rings is 1. The van der Waals surface area contributed by atoms with Gasteiger partial charge in [-0.15, -0.1) is 0 Å². The maximum Gasteiger partial charge on any atom is 0.299 e. The minimum atomic E-state index is -0.479. The molecule has 0 amide bonds. The Bertz CT molecular complexity index is 1540. The number of nitrogens with one attached hydrogen (secondary N) is 3. The number of hydrogen-bond donors (Lipinski definition) is 3. The van der Waals surface area contributed by atoms with Crippen molar-refractivity contribution in [1.82, 2.24) is 29.9 Å². The molecular formula is C26H25FN8O3. The molecule has 12 heteroatoms. The van der Waals surface area contributed by atoms with Gasteiger partial charge in [-0.2, -0.15) is 5.10 Å². The van der Waals surface area contributed by atoms with Crippen LogP contribution in [0.4, 0.5) is 21.9 Å². The molecule has 4 heterocycles. The number of aldehydes is 1. The molecule has 194 valence electrons. The van der Waals surface area contributed by atoms with Crippen LogP contribution in [-0.4, -0.2) is 50.5 Å². The highest BCUT2D eigenvalue weighted by Crippen LogP contribution is 2.30. The number of rotatable bonds is 11. The number of oxazole rings is 1. The molecule has 0 aliphatic carbocycles. The third-order valence-electron chi connectivity index (χ3n) is 5.67. The lowest BCUT2D eigenvalue weighted by atomic mass is 10.1. The van der Waals surface area contributed by atoms with E-state index in [4.69, 9.17) is 9.15 Å². The molecule has 0 spiro atoms. The Kier molecular flexibility index (Phi) is 7.22. The number of anilines is 3. The quantitative estimate of drug-likeness (QED) is 0.221. The van der Waals surface area contributed by atoms with Gasteiger partial charge in [-0.3, -0.25) is 4.79 Å². The van der Waals surface area contributed by atoms with Crippen LogP contribution in [-0.2, 0) is 6.54 Å². The van der Waals surface area contributed by atoms with Crippen LogP contribution in [0.15, 0.2) is 65.8 Å². The van der Waals surface area contributed by atoms with Crippen molar-refractivity contribution in [2.75, 3.05) is 24.2 Å². The van der Waals surface area contributed by atoms with Gasteiger partial charge in [-0.05, 0) is 37.7 Å². The van der Waals surface area contributed by atoms with Gasteiger partial charge in [0.2, 0.25) is 5.88 Å². The van der Waals surface area contributed by atoms with Gasteiger partial charge in [0.25, 0.3) is 6.01 Å². The van der Waals surface area contributed by atoms with E-state index in [-0.39, 0.29) is 12.6 Å². The number of likely N-dealkylation sites (N-methyl/N-ethyl adjacent to an activating group) is 1. The van der Waals surface area contributed by atoms with Gasteiger partial charge in [-0.1, -0.05) is 12.1 Å². The fraction of sp³-hybridized carbons (Fsp3) is 0.192. The van der Waals surface area contributed by atoms with Gasteiger partial charge >= 0.3 is 0 Å². The fourth-order valence-electron chi connectivity index (χ4n) is 3.90. The number of nitrogens with zero attached hydrogens (tertiary/aromatic N) is 5. The molecule has 1 unspecified atom stereocenters. The Labute approximate surface area is 217 Å². The van der Waals surface area contributed by atoms with Crippen LogP contribution in [0.3, 0.4) is 0 Å². The number of hydrogen-bond acceptors (Lipinski definition) is 10. The highest BCUT2D eigenvalue weighted by Gasteiger charge is 2.16. The molecule has 0 aliphatic rings. The Morgan fingerprint density at radius 2 is 2.05 bits per heavy atom. The predicted molar refractivity (Wildman–Crippen MR) is 139 cm³/mol. The number of carbonyl (C=O) groups is 1. The monoisotopic (exact) mass is 516 g/mol. The highest BCUT2D eigenvalue weighted by atomic mass is 19.1. The van der Waals surface area contributed by atoms with E-state index >= 15 is 0 Å². The number of ether oxygens (including phenoxy) is 1. The molecule has 38 heavy (non-hydrogen) atoms. The summed E-state index contributed by atoms with van der Waals surface area (Å²) in [6, 6.07) is 9.31. The first-order valence-corrected chi connectivity index (χ1v) is 11.8. The van der Waals surface area contributed by atoms with Crippen molar-refractivity contribution in [1.29, 1.82) is 0 Å². The molecule has 3 N–H and O–H groups in total. The molecule has 1 aromatic carbocycles. The molecule has 0 radical (unpaired) electrons. The van der Waals surface area contributed by atoms with Crippen LogP contribution in [0, 0.1) is 5.82 Å². The summed E-state index contributed by atoms with van der Waals surface area (Å²) in [6.07, 6.45) is 7.93. The normalized spacial score (nSPS) is 11.9. The van der Waals surface area contributed by atoms with Crippen LogP contribution in [0.25, 0.3) is 16.8 Å². The maximum absolute atomic E-state index is 14.1. The summed E-state index contributed by atoms with van der Waals surface area (Å²) in [5, 5.41) is 13.6. The SMILES string of the molecule is CNCC(C)Oc1ncc(F)cc1CNc1nc2c(C=O)cnn2cc1-c1ccc(Nc2ncco2)cc1. The number of fused-ring (bicyclic) bond motifs is 1. The second kappa shape index (κ2) is 11.0. The van der Waals surface area contributed by atoms with Gasteiger partial charge in [0.05, 0.1) is 24.2 Å². The Morgan fingerprint density at radius 3 is 2.79 bits per heavy atom. The highest BCUT2D eigenvalue weighted by molar-refractivity contribution is 5.86. The van der Waals surface area contributed by atoms with Crippen LogP contribution in [0.2, 0.25) is 0 Å². The third kappa shape index (κ3) is 5.44.